The van der Waals surface area contributed by atoms with Crippen LogP contribution in [-0.4, -0.2) is 0 Å². The predicted octanol–water partition coefficient (Wildman–Crippen LogP) is 7.77. The first-order valence-electron chi connectivity index (χ1n) is 9.78. The van der Waals surface area contributed by atoms with Crippen molar-refractivity contribution < 1.29 is 0 Å². The fourth-order valence-electron chi connectivity index (χ4n) is 2.71. The van der Waals surface area contributed by atoms with E-state index in [-0.39, 0.29) is 0 Å². The number of aryl methyl sites for hydroxylation is 1. The van der Waals surface area contributed by atoms with Crippen LogP contribution in [0.4, 0.5) is 0 Å². The van der Waals surface area contributed by atoms with Gasteiger partial charge in [0.25, 0.3) is 0 Å². The fraction of sp³-hybridized carbons (Fsp3) is 0.360. The third-order valence-electron chi connectivity index (χ3n) is 4.27. The Kier molecular flexibility index (Phi) is 9.77. The van der Waals surface area contributed by atoms with E-state index in [0.717, 1.165) is 12.0 Å². The van der Waals surface area contributed by atoms with Crippen molar-refractivity contribution >= 4 is 11.8 Å². The van der Waals surface area contributed by atoms with Crippen LogP contribution in [0.5, 0.6) is 0 Å². The van der Waals surface area contributed by atoms with Crippen molar-refractivity contribution in [2.45, 2.75) is 63.7 Å². The summed E-state index contributed by atoms with van der Waals surface area (Å²) in [4.78, 5) is 2.67. The Bertz CT molecular complexity index is 714. The van der Waals surface area contributed by atoms with Crippen molar-refractivity contribution in [2.24, 2.45) is 0 Å². The minimum absolute atomic E-state index is 1.07. The Morgan fingerprint density at radius 1 is 0.885 bits per heavy atom. The van der Waals surface area contributed by atoms with Crippen molar-refractivity contribution in [3.8, 4) is 11.8 Å². The largest absolute Gasteiger partial charge is 0.0939 e. The van der Waals surface area contributed by atoms with E-state index in [4.69, 9.17) is 0 Å². The molecule has 0 aliphatic carbocycles. The van der Waals surface area contributed by atoms with Crippen LogP contribution in [0, 0.1) is 18.8 Å². The van der Waals surface area contributed by atoms with Crippen molar-refractivity contribution in [1.29, 1.82) is 0 Å². The molecule has 0 bridgehead atoms. The lowest BCUT2D eigenvalue weighted by Crippen LogP contribution is -1.83. The summed E-state index contributed by atoms with van der Waals surface area (Å²) in [5.41, 5.74) is 2.38. The van der Waals surface area contributed by atoms with Gasteiger partial charge in [-0.15, -0.1) is 0 Å². The van der Waals surface area contributed by atoms with Crippen molar-refractivity contribution in [3.63, 3.8) is 0 Å². The van der Waals surface area contributed by atoms with Gasteiger partial charge in [0.2, 0.25) is 0 Å². The second-order valence-electron chi connectivity index (χ2n) is 6.68. The molecule has 0 radical (unpaired) electrons. The van der Waals surface area contributed by atoms with Gasteiger partial charge in [-0.05, 0) is 55.0 Å². The van der Waals surface area contributed by atoms with Crippen LogP contribution >= 0.6 is 11.8 Å². The first-order chi connectivity index (χ1) is 12.8. The van der Waals surface area contributed by atoms with E-state index in [9.17, 15) is 0 Å². The van der Waals surface area contributed by atoms with E-state index in [1.807, 2.05) is 30.0 Å². The zero-order valence-corrected chi connectivity index (χ0v) is 16.9. The summed E-state index contributed by atoms with van der Waals surface area (Å²) in [6, 6.07) is 19.0. The Balaban J connectivity index is 1.97. The molecular weight excluding hydrogens is 332 g/mol. The van der Waals surface area contributed by atoms with Crippen LogP contribution in [-0.2, 0) is 0 Å². The monoisotopic (exact) mass is 362 g/mol. The second kappa shape index (κ2) is 12.4. The number of unbranched alkanes of at least 4 members (excludes halogenated alkanes) is 5. The molecule has 0 atom stereocenters. The Hall–Kier alpha value is -1.91. The molecule has 26 heavy (non-hydrogen) atoms. The first-order valence-corrected chi connectivity index (χ1v) is 10.6. The molecule has 0 N–H and O–H groups in total. The van der Waals surface area contributed by atoms with E-state index in [1.165, 1.54) is 53.9 Å². The number of thioether (sulfide) groups is 1. The summed E-state index contributed by atoms with van der Waals surface area (Å²) in [6.45, 7) is 4.40. The molecule has 2 aromatic carbocycles. The maximum Gasteiger partial charge on any atom is 0.0248 e. The molecule has 2 aromatic rings. The van der Waals surface area contributed by atoms with Gasteiger partial charge in [0.05, 0.1) is 0 Å². The summed E-state index contributed by atoms with van der Waals surface area (Å²) >= 11 is 1.86. The number of hydrogen-bond donors (Lipinski definition) is 0. The number of rotatable bonds is 9. The summed E-state index contributed by atoms with van der Waals surface area (Å²) in [5, 5.41) is 0. The Labute approximate surface area is 164 Å². The average Bonchev–Trinajstić information content (AvgIpc) is 2.67. The molecule has 1 heteroatoms. The van der Waals surface area contributed by atoms with Gasteiger partial charge >= 0.3 is 0 Å². The molecule has 0 saturated carbocycles. The van der Waals surface area contributed by atoms with E-state index in [1.54, 1.807) is 0 Å². The highest BCUT2D eigenvalue weighted by molar-refractivity contribution is 8.03. The highest BCUT2D eigenvalue weighted by Crippen LogP contribution is 2.30. The molecular formula is C25H30S. The van der Waals surface area contributed by atoms with Gasteiger partial charge in [-0.2, -0.15) is 0 Å². The van der Waals surface area contributed by atoms with Crippen LogP contribution in [0.1, 0.15) is 63.0 Å². The second-order valence-corrected chi connectivity index (χ2v) is 7.88. The zero-order chi connectivity index (χ0) is 18.5. The van der Waals surface area contributed by atoms with Gasteiger partial charge < -0.3 is 0 Å². The van der Waals surface area contributed by atoms with Crippen molar-refractivity contribution in [2.75, 3.05) is 0 Å². The lowest BCUT2D eigenvalue weighted by Gasteiger charge is -2.07. The molecule has 136 valence electrons. The molecule has 0 saturated heterocycles. The molecule has 0 amide bonds. The predicted molar refractivity (Wildman–Crippen MR) is 116 cm³/mol. The summed E-state index contributed by atoms with van der Waals surface area (Å²) in [5.74, 6) is 6.51. The van der Waals surface area contributed by atoms with Crippen LogP contribution in [0.3, 0.4) is 0 Å². The van der Waals surface area contributed by atoms with E-state index in [0.29, 0.717) is 0 Å². The van der Waals surface area contributed by atoms with Crippen LogP contribution in [0.15, 0.2) is 70.5 Å². The SMILES string of the molecule is CCCCCCCC/C(=C/C#Cc1ccccc1)Sc1ccc(C)cc1. The van der Waals surface area contributed by atoms with Gasteiger partial charge in [-0.25, -0.2) is 0 Å². The summed E-state index contributed by atoms with van der Waals surface area (Å²) < 4.78 is 0. The van der Waals surface area contributed by atoms with Gasteiger partial charge in [-0.1, -0.05) is 98.5 Å². The number of hydrogen-bond acceptors (Lipinski definition) is 1. The maximum absolute atomic E-state index is 3.26. The highest BCUT2D eigenvalue weighted by Gasteiger charge is 2.01. The summed E-state index contributed by atoms with van der Waals surface area (Å²) in [7, 11) is 0. The topological polar surface area (TPSA) is 0 Å². The van der Waals surface area contributed by atoms with Crippen LogP contribution in [0.25, 0.3) is 0 Å². The van der Waals surface area contributed by atoms with Crippen LogP contribution in [0.2, 0.25) is 0 Å². The standard InChI is InChI=1S/C25H30S/c1-3-4-5-6-7-11-16-24(26-25-20-18-22(2)19-21-25)17-12-15-23-13-9-8-10-14-23/h8-10,13-14,17-21H,3-7,11,16H2,1-2H3/b24-17-. The Morgan fingerprint density at radius 2 is 1.58 bits per heavy atom. The molecule has 0 nitrogen and oxygen atoms in total. The van der Waals surface area contributed by atoms with Gasteiger partial charge in [0, 0.05) is 10.5 Å². The highest BCUT2D eigenvalue weighted by atomic mass is 32.2. The maximum atomic E-state index is 3.26. The molecule has 0 aliphatic heterocycles. The zero-order valence-electron chi connectivity index (χ0n) is 16.1. The normalized spacial score (nSPS) is 11.1. The third kappa shape index (κ3) is 8.45. The third-order valence-corrected chi connectivity index (χ3v) is 5.36. The molecule has 0 heterocycles. The fourth-order valence-corrected chi connectivity index (χ4v) is 3.65. The smallest absolute Gasteiger partial charge is 0.0248 e. The number of benzene rings is 2. The lowest BCUT2D eigenvalue weighted by molar-refractivity contribution is 0.610. The van der Waals surface area contributed by atoms with Crippen LogP contribution < -0.4 is 0 Å². The average molecular weight is 363 g/mol. The molecule has 0 fully saturated rings. The molecule has 2 rings (SSSR count). The number of allylic oxidation sites excluding steroid dienone is 2. The Morgan fingerprint density at radius 3 is 2.31 bits per heavy atom. The van der Waals surface area contributed by atoms with Gasteiger partial charge in [0.15, 0.2) is 0 Å². The molecule has 0 aromatic heterocycles. The van der Waals surface area contributed by atoms with Gasteiger partial charge in [0.1, 0.15) is 0 Å². The summed E-state index contributed by atoms with van der Waals surface area (Å²) in [6.07, 6.45) is 11.2. The van der Waals surface area contributed by atoms with E-state index >= 15 is 0 Å². The van der Waals surface area contributed by atoms with E-state index < -0.39 is 0 Å². The molecule has 0 spiro atoms. The van der Waals surface area contributed by atoms with Gasteiger partial charge in [-0.3, -0.25) is 0 Å². The van der Waals surface area contributed by atoms with Crippen molar-refractivity contribution in [1.82, 2.24) is 0 Å². The molecule has 0 unspecified atom stereocenters. The molecule has 0 aliphatic rings. The minimum atomic E-state index is 1.07. The minimum Gasteiger partial charge on any atom is -0.0939 e. The van der Waals surface area contributed by atoms with E-state index in [2.05, 4.69) is 68.2 Å². The van der Waals surface area contributed by atoms with Crippen molar-refractivity contribution in [3.05, 3.63) is 76.7 Å². The quantitative estimate of drug-likeness (QED) is 0.249. The lowest BCUT2D eigenvalue weighted by atomic mass is 10.1. The first kappa shape index (κ1) is 20.4.